The molecule has 1 unspecified atom stereocenters. The van der Waals surface area contributed by atoms with E-state index in [1.165, 1.54) is 11.1 Å². The molecule has 0 spiro atoms. The molecule has 2 rings (SSSR count). The van der Waals surface area contributed by atoms with E-state index in [0.717, 1.165) is 18.8 Å². The fourth-order valence-corrected chi connectivity index (χ4v) is 2.27. The Balaban J connectivity index is 1.95. The van der Waals surface area contributed by atoms with E-state index in [9.17, 15) is 0 Å². The van der Waals surface area contributed by atoms with Crippen molar-refractivity contribution in [1.29, 1.82) is 0 Å². The second-order valence-electron chi connectivity index (χ2n) is 5.31. The normalized spacial score (nSPS) is 13.7. The molecule has 2 atom stereocenters. The van der Waals surface area contributed by atoms with Crippen molar-refractivity contribution >= 4 is 0 Å². The summed E-state index contributed by atoms with van der Waals surface area (Å²) in [7, 11) is 0. The van der Waals surface area contributed by atoms with Gasteiger partial charge in [0.1, 0.15) is 5.75 Å². The van der Waals surface area contributed by atoms with Crippen molar-refractivity contribution in [3.63, 3.8) is 0 Å². The van der Waals surface area contributed by atoms with Crippen molar-refractivity contribution in [1.82, 2.24) is 10.3 Å². The van der Waals surface area contributed by atoms with Gasteiger partial charge in [0.05, 0.1) is 6.61 Å². The molecule has 2 aromatic rings. The zero-order valence-corrected chi connectivity index (χ0v) is 13.0. The van der Waals surface area contributed by atoms with Gasteiger partial charge in [-0.2, -0.15) is 0 Å². The maximum atomic E-state index is 5.61. The van der Waals surface area contributed by atoms with E-state index in [2.05, 4.69) is 49.3 Å². The highest BCUT2D eigenvalue weighted by atomic mass is 16.5. The molecule has 0 bridgehead atoms. The summed E-state index contributed by atoms with van der Waals surface area (Å²) >= 11 is 0. The second kappa shape index (κ2) is 7.79. The van der Waals surface area contributed by atoms with E-state index >= 15 is 0 Å². The molecule has 0 aliphatic carbocycles. The number of hydrogen-bond acceptors (Lipinski definition) is 3. The van der Waals surface area contributed by atoms with E-state index in [1.807, 2.05) is 24.4 Å². The van der Waals surface area contributed by atoms with E-state index in [4.69, 9.17) is 4.74 Å². The Bertz CT molecular complexity index is 525. The largest absolute Gasteiger partial charge is 0.494 e. The SMILES string of the molecule is CCCOc1ccc(C(C)N[C@@H](C)c2cccnc2)cc1. The van der Waals surface area contributed by atoms with Crippen LogP contribution >= 0.6 is 0 Å². The van der Waals surface area contributed by atoms with Crippen molar-refractivity contribution < 1.29 is 4.74 Å². The molecule has 112 valence electrons. The first-order valence-corrected chi connectivity index (χ1v) is 7.59. The van der Waals surface area contributed by atoms with Crippen molar-refractivity contribution in [2.45, 2.75) is 39.3 Å². The van der Waals surface area contributed by atoms with Gasteiger partial charge >= 0.3 is 0 Å². The summed E-state index contributed by atoms with van der Waals surface area (Å²) in [5.74, 6) is 0.938. The van der Waals surface area contributed by atoms with Crippen LogP contribution in [0.25, 0.3) is 0 Å². The molecule has 3 heteroatoms. The van der Waals surface area contributed by atoms with Gasteiger partial charge in [0, 0.05) is 24.5 Å². The summed E-state index contributed by atoms with van der Waals surface area (Å²) in [6, 6.07) is 12.9. The molecule has 0 fully saturated rings. The van der Waals surface area contributed by atoms with Crippen LogP contribution in [0.15, 0.2) is 48.8 Å². The van der Waals surface area contributed by atoms with E-state index < -0.39 is 0 Å². The summed E-state index contributed by atoms with van der Waals surface area (Å²) in [5, 5.41) is 3.59. The smallest absolute Gasteiger partial charge is 0.119 e. The van der Waals surface area contributed by atoms with E-state index in [-0.39, 0.29) is 12.1 Å². The maximum absolute atomic E-state index is 5.61. The van der Waals surface area contributed by atoms with Crippen molar-refractivity contribution in [2.75, 3.05) is 6.61 Å². The van der Waals surface area contributed by atoms with Crippen LogP contribution in [0.2, 0.25) is 0 Å². The van der Waals surface area contributed by atoms with Crippen LogP contribution in [0.4, 0.5) is 0 Å². The second-order valence-corrected chi connectivity index (χ2v) is 5.31. The van der Waals surface area contributed by atoms with Crippen LogP contribution in [0.1, 0.15) is 50.4 Å². The monoisotopic (exact) mass is 284 g/mol. The van der Waals surface area contributed by atoms with Gasteiger partial charge in [0.2, 0.25) is 0 Å². The summed E-state index contributed by atoms with van der Waals surface area (Å²) in [4.78, 5) is 4.17. The third-order valence-electron chi connectivity index (χ3n) is 3.54. The quantitative estimate of drug-likeness (QED) is 0.824. The number of rotatable bonds is 7. The van der Waals surface area contributed by atoms with Crippen LogP contribution in [0.5, 0.6) is 5.75 Å². The van der Waals surface area contributed by atoms with Gasteiger partial charge in [0.25, 0.3) is 0 Å². The first-order chi connectivity index (χ1) is 10.2. The molecular weight excluding hydrogens is 260 g/mol. The number of benzene rings is 1. The first kappa shape index (κ1) is 15.5. The van der Waals surface area contributed by atoms with Gasteiger partial charge in [-0.1, -0.05) is 25.1 Å². The van der Waals surface area contributed by atoms with E-state index in [1.54, 1.807) is 6.20 Å². The van der Waals surface area contributed by atoms with Crippen LogP contribution in [-0.2, 0) is 0 Å². The average molecular weight is 284 g/mol. The molecule has 1 heterocycles. The lowest BCUT2D eigenvalue weighted by molar-refractivity contribution is 0.317. The number of nitrogens with one attached hydrogen (secondary N) is 1. The Kier molecular flexibility index (Phi) is 5.76. The third-order valence-corrected chi connectivity index (χ3v) is 3.54. The molecule has 0 aliphatic rings. The molecule has 1 aromatic heterocycles. The predicted octanol–water partition coefficient (Wildman–Crippen LogP) is 4.28. The lowest BCUT2D eigenvalue weighted by atomic mass is 10.1. The van der Waals surface area contributed by atoms with Gasteiger partial charge in [0.15, 0.2) is 0 Å². The Morgan fingerprint density at radius 1 is 1.05 bits per heavy atom. The number of nitrogens with zero attached hydrogens (tertiary/aromatic N) is 1. The molecule has 3 nitrogen and oxygen atoms in total. The van der Waals surface area contributed by atoms with Crippen LogP contribution in [-0.4, -0.2) is 11.6 Å². The third kappa shape index (κ3) is 4.57. The topological polar surface area (TPSA) is 34.1 Å². The number of aromatic nitrogens is 1. The number of ether oxygens (including phenoxy) is 1. The maximum Gasteiger partial charge on any atom is 0.119 e. The van der Waals surface area contributed by atoms with Gasteiger partial charge in [-0.05, 0) is 49.6 Å². The van der Waals surface area contributed by atoms with Gasteiger partial charge < -0.3 is 10.1 Å². The summed E-state index contributed by atoms with van der Waals surface area (Å²) < 4.78 is 5.61. The minimum absolute atomic E-state index is 0.268. The van der Waals surface area contributed by atoms with Gasteiger partial charge in [-0.3, -0.25) is 4.98 Å². The summed E-state index contributed by atoms with van der Waals surface area (Å²) in [6.07, 6.45) is 4.74. The van der Waals surface area contributed by atoms with Crippen LogP contribution < -0.4 is 10.1 Å². The standard InChI is InChI=1S/C18H24N2O/c1-4-12-21-18-9-7-16(8-10-18)14(2)20-15(3)17-6-5-11-19-13-17/h5-11,13-15,20H,4,12H2,1-3H3/t14?,15-/m0/s1. The molecule has 0 saturated carbocycles. The molecule has 0 aliphatic heterocycles. The minimum atomic E-state index is 0.268. The highest BCUT2D eigenvalue weighted by Gasteiger charge is 2.11. The molecule has 1 aromatic carbocycles. The van der Waals surface area contributed by atoms with Crippen LogP contribution in [0.3, 0.4) is 0 Å². The highest BCUT2D eigenvalue weighted by Crippen LogP contribution is 2.21. The molecule has 21 heavy (non-hydrogen) atoms. The predicted molar refractivity (Wildman–Crippen MR) is 86.4 cm³/mol. The Hall–Kier alpha value is -1.87. The van der Waals surface area contributed by atoms with Crippen molar-refractivity contribution in [3.8, 4) is 5.75 Å². The number of hydrogen-bond donors (Lipinski definition) is 1. The minimum Gasteiger partial charge on any atom is -0.494 e. The fourth-order valence-electron chi connectivity index (χ4n) is 2.27. The van der Waals surface area contributed by atoms with Crippen molar-refractivity contribution in [3.05, 3.63) is 59.9 Å². The molecule has 1 N–H and O–H groups in total. The molecular formula is C18H24N2O. The molecule has 0 radical (unpaired) electrons. The summed E-state index contributed by atoms with van der Waals surface area (Å²) in [6.45, 7) is 7.21. The van der Waals surface area contributed by atoms with Gasteiger partial charge in [-0.15, -0.1) is 0 Å². The zero-order chi connectivity index (χ0) is 15.1. The van der Waals surface area contributed by atoms with Gasteiger partial charge in [-0.25, -0.2) is 0 Å². The Morgan fingerprint density at radius 3 is 2.38 bits per heavy atom. The molecule has 0 saturated heterocycles. The fraction of sp³-hybridized carbons (Fsp3) is 0.389. The van der Waals surface area contributed by atoms with Crippen molar-refractivity contribution in [2.24, 2.45) is 0 Å². The first-order valence-electron chi connectivity index (χ1n) is 7.59. The highest BCUT2D eigenvalue weighted by molar-refractivity contribution is 5.29. The average Bonchev–Trinajstić information content (AvgIpc) is 2.54. The Morgan fingerprint density at radius 2 is 1.76 bits per heavy atom. The Labute approximate surface area is 127 Å². The van der Waals surface area contributed by atoms with E-state index in [0.29, 0.717) is 0 Å². The molecule has 0 amide bonds. The van der Waals surface area contributed by atoms with Crippen LogP contribution in [0, 0.1) is 0 Å². The summed E-state index contributed by atoms with van der Waals surface area (Å²) in [5.41, 5.74) is 2.46. The zero-order valence-electron chi connectivity index (χ0n) is 13.0. The lowest BCUT2D eigenvalue weighted by Gasteiger charge is -2.20. The number of pyridine rings is 1. The lowest BCUT2D eigenvalue weighted by Crippen LogP contribution is -2.22.